The van der Waals surface area contributed by atoms with Crippen molar-refractivity contribution in [1.29, 1.82) is 0 Å². The first kappa shape index (κ1) is 20.8. The summed E-state index contributed by atoms with van der Waals surface area (Å²) in [7, 11) is 6.79. The molecule has 154 valence electrons. The van der Waals surface area contributed by atoms with Crippen molar-refractivity contribution in [3.63, 3.8) is 0 Å². The summed E-state index contributed by atoms with van der Waals surface area (Å²) in [4.78, 5) is 7.93. The molecular formula is C22H26N8. The Balaban J connectivity index is 2.25. The number of nitrogens with zero attached hydrogens (tertiary/aromatic N) is 6. The molecule has 0 aliphatic heterocycles. The van der Waals surface area contributed by atoms with E-state index in [9.17, 15) is 0 Å². The van der Waals surface area contributed by atoms with E-state index in [2.05, 4.69) is 44.5 Å². The fourth-order valence-electron chi connectivity index (χ4n) is 3.17. The van der Waals surface area contributed by atoms with Gasteiger partial charge in [0.25, 0.3) is 0 Å². The Kier molecular flexibility index (Phi) is 6.26. The molecule has 0 aliphatic carbocycles. The van der Waals surface area contributed by atoms with E-state index in [4.69, 9.17) is 11.5 Å². The quantitative estimate of drug-likeness (QED) is 0.302. The Labute approximate surface area is 175 Å². The van der Waals surface area contributed by atoms with E-state index in [1.165, 1.54) is 0 Å². The average Bonchev–Trinajstić information content (AvgIpc) is 2.79. The van der Waals surface area contributed by atoms with Gasteiger partial charge >= 0.3 is 0 Å². The number of fused-ring (bicyclic) bond motifs is 2. The van der Waals surface area contributed by atoms with E-state index in [-0.39, 0.29) is 0 Å². The van der Waals surface area contributed by atoms with Crippen LogP contribution in [0.25, 0.3) is 21.5 Å². The van der Waals surface area contributed by atoms with Crippen molar-refractivity contribution in [3.05, 3.63) is 59.7 Å². The van der Waals surface area contributed by atoms with E-state index >= 15 is 0 Å². The van der Waals surface area contributed by atoms with Crippen molar-refractivity contribution in [2.24, 2.45) is 31.7 Å². The van der Waals surface area contributed by atoms with Gasteiger partial charge < -0.3 is 11.5 Å². The highest BCUT2D eigenvalue weighted by atomic mass is 15.5. The van der Waals surface area contributed by atoms with Gasteiger partial charge in [-0.2, -0.15) is 10.2 Å². The number of hydrogen-bond donors (Lipinski definition) is 2. The number of aliphatic imine (C=N–C) groups is 2. The monoisotopic (exact) mass is 402 g/mol. The summed E-state index contributed by atoms with van der Waals surface area (Å²) in [6, 6.07) is 16.3. The minimum Gasteiger partial charge on any atom is -0.368 e. The second-order valence-electron chi connectivity index (χ2n) is 6.62. The Morgan fingerprint density at radius 2 is 0.967 bits per heavy atom. The number of rotatable bonds is 4. The minimum atomic E-state index is 0.335. The maximum atomic E-state index is 5.85. The van der Waals surface area contributed by atoms with Crippen molar-refractivity contribution in [2.75, 3.05) is 28.2 Å². The third-order valence-corrected chi connectivity index (χ3v) is 4.86. The molecule has 30 heavy (non-hydrogen) atoms. The molecule has 0 radical (unpaired) electrons. The number of nitrogens with two attached hydrogens (primary N) is 2. The molecule has 3 rings (SSSR count). The smallest absolute Gasteiger partial charge is 0.211 e. The summed E-state index contributed by atoms with van der Waals surface area (Å²) in [6.07, 6.45) is 3.63. The highest BCUT2D eigenvalue weighted by molar-refractivity contribution is 6.21. The second-order valence-corrected chi connectivity index (χ2v) is 6.62. The first-order chi connectivity index (χ1) is 14.5. The molecule has 8 heteroatoms. The van der Waals surface area contributed by atoms with Gasteiger partial charge in [-0.1, -0.05) is 48.5 Å². The maximum absolute atomic E-state index is 5.85. The first-order valence-corrected chi connectivity index (χ1v) is 9.41. The summed E-state index contributed by atoms with van der Waals surface area (Å²) in [5.41, 5.74) is 13.7. The number of hydrazone groups is 2. The molecule has 0 atom stereocenters. The van der Waals surface area contributed by atoms with E-state index in [0.29, 0.717) is 11.9 Å². The van der Waals surface area contributed by atoms with E-state index in [1.807, 2.05) is 36.7 Å². The zero-order valence-electron chi connectivity index (χ0n) is 17.6. The molecule has 0 spiro atoms. The van der Waals surface area contributed by atoms with Gasteiger partial charge in [0, 0.05) is 39.3 Å². The molecule has 3 aromatic carbocycles. The number of benzene rings is 3. The lowest BCUT2D eigenvalue weighted by molar-refractivity contribution is 0.539. The first-order valence-electron chi connectivity index (χ1n) is 9.41. The van der Waals surface area contributed by atoms with E-state index in [0.717, 1.165) is 32.7 Å². The molecule has 3 aromatic rings. The Morgan fingerprint density at radius 1 is 0.667 bits per heavy atom. The molecule has 0 amide bonds. The van der Waals surface area contributed by atoms with Crippen LogP contribution in [0.3, 0.4) is 0 Å². The van der Waals surface area contributed by atoms with Crippen LogP contribution < -0.4 is 11.5 Å². The lowest BCUT2D eigenvalue weighted by atomic mass is 9.92. The van der Waals surface area contributed by atoms with Gasteiger partial charge in [0.2, 0.25) is 11.9 Å². The second kappa shape index (κ2) is 9.04. The fourth-order valence-corrected chi connectivity index (χ4v) is 3.17. The third kappa shape index (κ3) is 4.07. The minimum absolute atomic E-state index is 0.335. The molecule has 0 saturated carbocycles. The zero-order valence-corrected chi connectivity index (χ0v) is 17.6. The van der Waals surface area contributed by atoms with Crippen molar-refractivity contribution >= 4 is 45.9 Å². The lowest BCUT2D eigenvalue weighted by Gasteiger charge is -2.15. The highest BCUT2D eigenvalue weighted by Crippen LogP contribution is 2.31. The van der Waals surface area contributed by atoms with Crippen LogP contribution in [0.4, 0.5) is 0 Å². The van der Waals surface area contributed by atoms with Crippen LogP contribution in [0.2, 0.25) is 0 Å². The summed E-state index contributed by atoms with van der Waals surface area (Å²) >= 11 is 0. The van der Waals surface area contributed by atoms with Gasteiger partial charge in [0.05, 0.1) is 12.4 Å². The van der Waals surface area contributed by atoms with Crippen molar-refractivity contribution < 1.29 is 0 Å². The van der Waals surface area contributed by atoms with Gasteiger partial charge in [-0.3, -0.25) is 9.98 Å². The van der Waals surface area contributed by atoms with Crippen LogP contribution in [0.1, 0.15) is 11.1 Å². The van der Waals surface area contributed by atoms with Crippen LogP contribution in [0.15, 0.2) is 68.7 Å². The Morgan fingerprint density at radius 3 is 1.23 bits per heavy atom. The average molecular weight is 403 g/mol. The fraction of sp³-hybridized carbons (Fsp3) is 0.182. The molecule has 0 heterocycles. The molecule has 0 unspecified atom stereocenters. The van der Waals surface area contributed by atoms with Crippen molar-refractivity contribution in [3.8, 4) is 0 Å². The van der Waals surface area contributed by atoms with Crippen LogP contribution in [0.5, 0.6) is 0 Å². The van der Waals surface area contributed by atoms with Gasteiger partial charge in [-0.05, 0) is 21.5 Å². The van der Waals surface area contributed by atoms with Gasteiger partial charge in [0.15, 0.2) is 0 Å². The molecule has 0 bridgehead atoms. The van der Waals surface area contributed by atoms with E-state index in [1.54, 1.807) is 38.2 Å². The largest absolute Gasteiger partial charge is 0.368 e. The van der Waals surface area contributed by atoms with Crippen LogP contribution in [-0.2, 0) is 0 Å². The van der Waals surface area contributed by atoms with Gasteiger partial charge in [0.1, 0.15) is 0 Å². The van der Waals surface area contributed by atoms with E-state index < -0.39 is 0 Å². The SMILES string of the molecule is CN=C(N)N(C)N=Cc1c2ccccc2c(C=NN(C)C(N)=NC)c2ccccc12. The molecule has 4 N–H and O–H groups in total. The summed E-state index contributed by atoms with van der Waals surface area (Å²) in [5, 5.41) is 16.3. The Hall–Kier alpha value is -3.94. The predicted octanol–water partition coefficient (Wildman–Crippen LogP) is 2.41. The van der Waals surface area contributed by atoms with Crippen molar-refractivity contribution in [1.82, 2.24) is 10.0 Å². The highest BCUT2D eigenvalue weighted by Gasteiger charge is 2.12. The van der Waals surface area contributed by atoms with Crippen LogP contribution >= 0.6 is 0 Å². The van der Waals surface area contributed by atoms with Crippen molar-refractivity contribution in [2.45, 2.75) is 0 Å². The summed E-state index contributed by atoms with van der Waals surface area (Å²) in [5.74, 6) is 0.670. The molecule has 8 nitrogen and oxygen atoms in total. The number of guanidine groups is 2. The molecule has 0 fully saturated rings. The lowest BCUT2D eigenvalue weighted by Crippen LogP contribution is -2.29. The predicted molar refractivity (Wildman–Crippen MR) is 127 cm³/mol. The number of hydrogen-bond acceptors (Lipinski definition) is 4. The molecule has 0 aromatic heterocycles. The topological polar surface area (TPSA) is 108 Å². The normalized spacial score (nSPS) is 13.1. The third-order valence-electron chi connectivity index (χ3n) is 4.86. The van der Waals surface area contributed by atoms with Gasteiger partial charge in [-0.15, -0.1) is 0 Å². The van der Waals surface area contributed by atoms with Crippen LogP contribution in [0, 0.1) is 0 Å². The van der Waals surface area contributed by atoms with Gasteiger partial charge in [-0.25, -0.2) is 10.0 Å². The molecular weight excluding hydrogens is 376 g/mol. The standard InChI is InChI=1S/C22H26N8/c1-25-21(23)29(3)27-13-19-15-9-5-7-11-17(15)20(14-28-30(4)22(24)26-2)18-12-8-6-10-16(18)19/h5-14H,1-4H3,(H2,23,25)(H2,24,26). The Bertz CT molecular complexity index is 1030. The summed E-state index contributed by atoms with van der Waals surface area (Å²) in [6.45, 7) is 0. The molecule has 0 saturated heterocycles. The van der Waals surface area contributed by atoms with Crippen LogP contribution in [-0.4, -0.2) is 62.6 Å². The molecule has 0 aliphatic rings. The zero-order chi connectivity index (χ0) is 21.7. The maximum Gasteiger partial charge on any atom is 0.211 e. The summed E-state index contributed by atoms with van der Waals surface area (Å²) < 4.78 is 0.